The Labute approximate surface area is 105 Å². The number of hydrogen-bond acceptors (Lipinski definition) is 3. The maximum atomic E-state index is 13.7. The van der Waals surface area contributed by atoms with Gasteiger partial charge in [-0.3, -0.25) is 5.10 Å². The van der Waals surface area contributed by atoms with Crippen molar-refractivity contribution in [1.29, 1.82) is 0 Å². The van der Waals surface area contributed by atoms with Crippen LogP contribution >= 0.6 is 0 Å². The lowest BCUT2D eigenvalue weighted by Crippen LogP contribution is -1.96. The molecule has 0 unspecified atom stereocenters. The van der Waals surface area contributed by atoms with Crippen molar-refractivity contribution in [2.45, 2.75) is 19.8 Å². The summed E-state index contributed by atoms with van der Waals surface area (Å²) in [4.78, 5) is 0. The minimum Gasteiger partial charge on any atom is -0.494 e. The number of rotatable bonds is 3. The zero-order valence-corrected chi connectivity index (χ0v) is 10.6. The topological polar surface area (TPSA) is 63.9 Å². The molecule has 0 saturated carbocycles. The van der Waals surface area contributed by atoms with Crippen molar-refractivity contribution < 1.29 is 9.13 Å². The standard InChI is InChI=1S/C13H16FN3O/c1-7(2)11-12(16-17-13(11)15)8-4-5-10(18-3)9(14)6-8/h4-7H,1-3H3,(H3,15,16,17). The van der Waals surface area contributed by atoms with E-state index < -0.39 is 5.82 Å². The van der Waals surface area contributed by atoms with Crippen LogP contribution in [-0.4, -0.2) is 17.3 Å². The molecular formula is C13H16FN3O. The molecule has 2 rings (SSSR count). The average Bonchev–Trinajstić information content (AvgIpc) is 2.71. The lowest BCUT2D eigenvalue weighted by atomic mass is 9.98. The summed E-state index contributed by atoms with van der Waals surface area (Å²) in [5.74, 6) is 0.482. The number of nitrogens with one attached hydrogen (secondary N) is 1. The van der Waals surface area contributed by atoms with E-state index in [0.717, 1.165) is 11.3 Å². The Bertz CT molecular complexity index is 563. The summed E-state index contributed by atoms with van der Waals surface area (Å²) in [7, 11) is 1.44. The van der Waals surface area contributed by atoms with E-state index in [-0.39, 0.29) is 11.7 Å². The molecule has 0 spiro atoms. The summed E-state index contributed by atoms with van der Waals surface area (Å²) in [6, 6.07) is 4.78. The van der Waals surface area contributed by atoms with Gasteiger partial charge >= 0.3 is 0 Å². The van der Waals surface area contributed by atoms with E-state index in [9.17, 15) is 4.39 Å². The van der Waals surface area contributed by atoms with E-state index in [1.165, 1.54) is 13.2 Å². The number of aromatic amines is 1. The second kappa shape index (κ2) is 4.68. The summed E-state index contributed by atoms with van der Waals surface area (Å²) in [5.41, 5.74) is 8.18. The van der Waals surface area contributed by atoms with Gasteiger partial charge < -0.3 is 10.5 Å². The van der Waals surface area contributed by atoms with Gasteiger partial charge in [0.25, 0.3) is 0 Å². The van der Waals surface area contributed by atoms with Gasteiger partial charge in [-0.05, 0) is 24.1 Å². The lowest BCUT2D eigenvalue weighted by Gasteiger charge is -2.08. The van der Waals surface area contributed by atoms with Crippen molar-refractivity contribution in [2.75, 3.05) is 12.8 Å². The largest absolute Gasteiger partial charge is 0.494 e. The van der Waals surface area contributed by atoms with Gasteiger partial charge in [0.2, 0.25) is 0 Å². The summed E-state index contributed by atoms with van der Waals surface area (Å²) in [6.07, 6.45) is 0. The molecule has 18 heavy (non-hydrogen) atoms. The first kappa shape index (κ1) is 12.4. The predicted molar refractivity (Wildman–Crippen MR) is 69.0 cm³/mol. The monoisotopic (exact) mass is 249 g/mol. The Balaban J connectivity index is 2.52. The number of aromatic nitrogens is 2. The quantitative estimate of drug-likeness (QED) is 0.879. The number of methoxy groups -OCH3 is 1. The molecule has 96 valence electrons. The average molecular weight is 249 g/mol. The Morgan fingerprint density at radius 2 is 2.11 bits per heavy atom. The third kappa shape index (κ3) is 2.03. The van der Waals surface area contributed by atoms with Crippen molar-refractivity contribution in [3.05, 3.63) is 29.6 Å². The Hall–Kier alpha value is -2.04. The van der Waals surface area contributed by atoms with Gasteiger partial charge in [-0.1, -0.05) is 13.8 Å². The van der Waals surface area contributed by atoms with E-state index >= 15 is 0 Å². The van der Waals surface area contributed by atoms with Crippen molar-refractivity contribution in [1.82, 2.24) is 10.2 Å². The van der Waals surface area contributed by atoms with Crippen LogP contribution in [-0.2, 0) is 0 Å². The Morgan fingerprint density at radius 1 is 1.39 bits per heavy atom. The Kier molecular flexibility index (Phi) is 3.23. The third-order valence-electron chi connectivity index (χ3n) is 2.85. The van der Waals surface area contributed by atoms with Crippen LogP contribution in [0.4, 0.5) is 10.2 Å². The summed E-state index contributed by atoms with van der Waals surface area (Å²) >= 11 is 0. The highest BCUT2D eigenvalue weighted by Crippen LogP contribution is 2.33. The number of halogens is 1. The van der Waals surface area contributed by atoms with Crippen LogP contribution in [0.2, 0.25) is 0 Å². The van der Waals surface area contributed by atoms with Crippen LogP contribution in [0.25, 0.3) is 11.3 Å². The van der Waals surface area contributed by atoms with Crippen LogP contribution < -0.4 is 10.5 Å². The van der Waals surface area contributed by atoms with Crippen LogP contribution in [0.1, 0.15) is 25.3 Å². The van der Waals surface area contributed by atoms with Gasteiger partial charge in [0.15, 0.2) is 11.6 Å². The molecule has 0 aliphatic rings. The van der Waals surface area contributed by atoms with Crippen LogP contribution in [0.3, 0.4) is 0 Å². The number of nitrogen functional groups attached to an aromatic ring is 1. The molecule has 1 aromatic heterocycles. The van der Waals surface area contributed by atoms with E-state index in [2.05, 4.69) is 10.2 Å². The first-order valence-corrected chi connectivity index (χ1v) is 5.72. The highest BCUT2D eigenvalue weighted by Gasteiger charge is 2.16. The molecule has 3 N–H and O–H groups in total. The highest BCUT2D eigenvalue weighted by molar-refractivity contribution is 5.69. The zero-order chi connectivity index (χ0) is 13.3. The number of hydrogen-bond donors (Lipinski definition) is 2. The van der Waals surface area contributed by atoms with Crippen LogP contribution in [0, 0.1) is 5.82 Å². The van der Waals surface area contributed by atoms with E-state index in [1.54, 1.807) is 12.1 Å². The first-order valence-electron chi connectivity index (χ1n) is 5.72. The van der Waals surface area contributed by atoms with E-state index in [1.807, 2.05) is 13.8 Å². The number of nitrogens with two attached hydrogens (primary N) is 1. The molecule has 1 heterocycles. The zero-order valence-electron chi connectivity index (χ0n) is 10.6. The number of H-pyrrole nitrogens is 1. The summed E-state index contributed by atoms with van der Waals surface area (Å²) < 4.78 is 18.6. The summed E-state index contributed by atoms with van der Waals surface area (Å²) in [5, 5.41) is 6.84. The van der Waals surface area contributed by atoms with Crippen molar-refractivity contribution in [3.63, 3.8) is 0 Å². The van der Waals surface area contributed by atoms with Gasteiger partial charge in [0, 0.05) is 11.1 Å². The molecule has 0 aliphatic heterocycles. The molecule has 0 radical (unpaired) electrons. The van der Waals surface area contributed by atoms with Gasteiger partial charge in [-0.2, -0.15) is 5.10 Å². The van der Waals surface area contributed by atoms with E-state index in [0.29, 0.717) is 11.4 Å². The first-order chi connectivity index (χ1) is 8.54. The maximum Gasteiger partial charge on any atom is 0.165 e. The molecular weight excluding hydrogens is 233 g/mol. The summed E-state index contributed by atoms with van der Waals surface area (Å²) in [6.45, 7) is 4.04. The van der Waals surface area contributed by atoms with Gasteiger partial charge in [-0.15, -0.1) is 0 Å². The van der Waals surface area contributed by atoms with Gasteiger partial charge in [-0.25, -0.2) is 4.39 Å². The van der Waals surface area contributed by atoms with Crippen molar-refractivity contribution >= 4 is 5.82 Å². The molecule has 5 heteroatoms. The molecule has 0 amide bonds. The second-order valence-electron chi connectivity index (χ2n) is 4.40. The number of benzene rings is 1. The fraction of sp³-hybridized carbons (Fsp3) is 0.308. The third-order valence-corrected chi connectivity index (χ3v) is 2.85. The molecule has 0 atom stereocenters. The minimum atomic E-state index is -0.405. The fourth-order valence-electron chi connectivity index (χ4n) is 1.99. The van der Waals surface area contributed by atoms with Crippen molar-refractivity contribution in [2.24, 2.45) is 0 Å². The van der Waals surface area contributed by atoms with Gasteiger partial charge in [0.05, 0.1) is 12.8 Å². The number of anilines is 1. The SMILES string of the molecule is COc1ccc(-c2[nH]nc(N)c2C(C)C)cc1F. The second-order valence-corrected chi connectivity index (χ2v) is 4.40. The van der Waals surface area contributed by atoms with Crippen molar-refractivity contribution in [3.8, 4) is 17.0 Å². The fourth-order valence-corrected chi connectivity index (χ4v) is 1.99. The predicted octanol–water partition coefficient (Wildman–Crippen LogP) is 2.93. The minimum absolute atomic E-state index is 0.212. The lowest BCUT2D eigenvalue weighted by molar-refractivity contribution is 0.386. The highest BCUT2D eigenvalue weighted by atomic mass is 19.1. The smallest absolute Gasteiger partial charge is 0.165 e. The van der Waals surface area contributed by atoms with Gasteiger partial charge in [0.1, 0.15) is 5.82 Å². The van der Waals surface area contributed by atoms with Crippen LogP contribution in [0.5, 0.6) is 5.75 Å². The number of nitrogens with zero attached hydrogens (tertiary/aromatic N) is 1. The number of ether oxygens (including phenoxy) is 1. The molecule has 0 aliphatic carbocycles. The molecule has 0 saturated heterocycles. The normalized spacial score (nSPS) is 10.9. The van der Waals surface area contributed by atoms with Crippen LogP contribution in [0.15, 0.2) is 18.2 Å². The molecule has 4 nitrogen and oxygen atoms in total. The Morgan fingerprint density at radius 3 is 2.67 bits per heavy atom. The van der Waals surface area contributed by atoms with E-state index in [4.69, 9.17) is 10.5 Å². The molecule has 1 aromatic carbocycles. The maximum absolute atomic E-state index is 13.7. The molecule has 0 bridgehead atoms. The molecule has 2 aromatic rings. The molecule has 0 fully saturated rings.